The Labute approximate surface area is 169 Å². The summed E-state index contributed by atoms with van der Waals surface area (Å²) in [6, 6.07) is 18.3. The number of fused-ring (bicyclic) bond motifs is 1. The highest BCUT2D eigenvalue weighted by molar-refractivity contribution is 7.84. The van der Waals surface area contributed by atoms with Gasteiger partial charge in [0.05, 0.1) is 0 Å². The van der Waals surface area contributed by atoms with Crippen LogP contribution in [-0.2, 0) is 23.0 Å². The minimum absolute atomic E-state index is 0.592. The molecule has 0 bridgehead atoms. The Morgan fingerprint density at radius 3 is 2.54 bits per heavy atom. The molecule has 0 aliphatic rings. The standard InChI is InChI=1S/C22H28N4OS/c1-17-19(20-10-6-7-11-21(20)26-17)12-13-24-22(23-2)25-14-15-28(27)16-18-8-4-3-5-9-18/h3-11,26H,12-16H2,1-2H3,(H2,23,24,25). The van der Waals surface area contributed by atoms with Gasteiger partial charge in [0.15, 0.2) is 5.96 Å². The van der Waals surface area contributed by atoms with Crippen molar-refractivity contribution in [1.82, 2.24) is 15.6 Å². The fraction of sp³-hybridized carbons (Fsp3) is 0.318. The van der Waals surface area contributed by atoms with Crippen LogP contribution in [0.1, 0.15) is 16.8 Å². The fourth-order valence-corrected chi connectivity index (χ4v) is 4.34. The molecule has 28 heavy (non-hydrogen) atoms. The number of para-hydroxylation sites is 1. The number of nitrogens with one attached hydrogen (secondary N) is 3. The minimum Gasteiger partial charge on any atom is -0.358 e. The van der Waals surface area contributed by atoms with E-state index in [0.717, 1.165) is 24.5 Å². The lowest BCUT2D eigenvalue weighted by Crippen LogP contribution is -2.40. The van der Waals surface area contributed by atoms with Crippen LogP contribution in [0, 0.1) is 6.92 Å². The Balaban J connectivity index is 1.42. The SMILES string of the molecule is CN=C(NCCc1c(C)[nH]c2ccccc12)NCCS(=O)Cc1ccccc1. The van der Waals surface area contributed by atoms with Gasteiger partial charge in [-0.25, -0.2) is 0 Å². The average molecular weight is 397 g/mol. The summed E-state index contributed by atoms with van der Waals surface area (Å²) in [5, 5.41) is 7.88. The molecule has 0 spiro atoms. The van der Waals surface area contributed by atoms with Gasteiger partial charge in [0, 0.05) is 59.0 Å². The van der Waals surface area contributed by atoms with E-state index in [2.05, 4.69) is 45.7 Å². The van der Waals surface area contributed by atoms with Gasteiger partial charge in [-0.05, 0) is 30.5 Å². The maximum Gasteiger partial charge on any atom is 0.191 e. The zero-order valence-corrected chi connectivity index (χ0v) is 17.3. The summed E-state index contributed by atoms with van der Waals surface area (Å²) < 4.78 is 12.2. The lowest BCUT2D eigenvalue weighted by Gasteiger charge is -2.12. The molecule has 2 aromatic carbocycles. The number of aromatic nitrogens is 1. The number of H-pyrrole nitrogens is 1. The van der Waals surface area contributed by atoms with Crippen LogP contribution in [0.25, 0.3) is 10.9 Å². The second kappa shape index (κ2) is 10.1. The van der Waals surface area contributed by atoms with Gasteiger partial charge in [0.25, 0.3) is 0 Å². The Bertz CT molecular complexity index is 950. The highest BCUT2D eigenvalue weighted by Gasteiger charge is 2.08. The fourth-order valence-electron chi connectivity index (χ4n) is 3.30. The number of nitrogens with zero attached hydrogens (tertiary/aromatic N) is 1. The van der Waals surface area contributed by atoms with Gasteiger partial charge < -0.3 is 15.6 Å². The van der Waals surface area contributed by atoms with Crippen LogP contribution < -0.4 is 10.6 Å². The summed E-state index contributed by atoms with van der Waals surface area (Å²) >= 11 is 0. The molecule has 0 aliphatic carbocycles. The minimum atomic E-state index is -0.888. The molecule has 0 amide bonds. The van der Waals surface area contributed by atoms with E-state index in [1.807, 2.05) is 36.4 Å². The number of hydrogen-bond donors (Lipinski definition) is 3. The number of aliphatic imine (C=N–C) groups is 1. The second-order valence-electron chi connectivity index (χ2n) is 6.72. The van der Waals surface area contributed by atoms with E-state index in [1.165, 1.54) is 22.2 Å². The summed E-state index contributed by atoms with van der Waals surface area (Å²) in [4.78, 5) is 7.70. The third-order valence-electron chi connectivity index (χ3n) is 4.71. The van der Waals surface area contributed by atoms with Crippen molar-refractivity contribution < 1.29 is 4.21 Å². The zero-order chi connectivity index (χ0) is 19.8. The van der Waals surface area contributed by atoms with Crippen LogP contribution in [0.5, 0.6) is 0 Å². The summed E-state index contributed by atoms with van der Waals surface area (Å²) in [6.07, 6.45) is 0.913. The Hall–Kier alpha value is -2.60. The smallest absolute Gasteiger partial charge is 0.191 e. The predicted molar refractivity (Wildman–Crippen MR) is 119 cm³/mol. The summed E-state index contributed by atoms with van der Waals surface area (Å²) in [5.41, 5.74) is 4.83. The Kier molecular flexibility index (Phi) is 7.25. The number of guanidine groups is 1. The summed E-state index contributed by atoms with van der Waals surface area (Å²) in [6.45, 7) is 3.53. The molecule has 5 nitrogen and oxygen atoms in total. The topological polar surface area (TPSA) is 69.3 Å². The molecule has 1 aromatic heterocycles. The molecule has 1 unspecified atom stereocenters. The van der Waals surface area contributed by atoms with Crippen LogP contribution in [0.4, 0.5) is 0 Å². The molecule has 0 fully saturated rings. The number of aromatic amines is 1. The van der Waals surface area contributed by atoms with E-state index in [4.69, 9.17) is 0 Å². The van der Waals surface area contributed by atoms with Crippen molar-refractivity contribution >= 4 is 27.7 Å². The van der Waals surface area contributed by atoms with Gasteiger partial charge in [-0.1, -0.05) is 48.5 Å². The van der Waals surface area contributed by atoms with Gasteiger partial charge >= 0.3 is 0 Å². The van der Waals surface area contributed by atoms with Crippen molar-refractivity contribution in [2.45, 2.75) is 19.1 Å². The third kappa shape index (κ3) is 5.45. The molecular formula is C22H28N4OS. The lowest BCUT2D eigenvalue weighted by atomic mass is 10.1. The van der Waals surface area contributed by atoms with E-state index >= 15 is 0 Å². The van der Waals surface area contributed by atoms with Gasteiger partial charge in [0.1, 0.15) is 0 Å². The van der Waals surface area contributed by atoms with E-state index < -0.39 is 10.8 Å². The quantitative estimate of drug-likeness (QED) is 0.405. The molecule has 0 saturated heterocycles. The normalized spacial score (nSPS) is 12.9. The van der Waals surface area contributed by atoms with Crippen LogP contribution in [-0.4, -0.2) is 41.0 Å². The number of hydrogen-bond acceptors (Lipinski definition) is 2. The van der Waals surface area contributed by atoms with Gasteiger partial charge in [-0.2, -0.15) is 0 Å². The summed E-state index contributed by atoms with van der Waals surface area (Å²) in [5.74, 6) is 1.93. The Morgan fingerprint density at radius 2 is 1.75 bits per heavy atom. The van der Waals surface area contributed by atoms with Crippen molar-refractivity contribution in [1.29, 1.82) is 0 Å². The van der Waals surface area contributed by atoms with Crippen molar-refractivity contribution in [3.05, 3.63) is 71.4 Å². The molecule has 148 valence electrons. The maximum absolute atomic E-state index is 12.2. The van der Waals surface area contributed by atoms with Crippen molar-refractivity contribution in [2.24, 2.45) is 4.99 Å². The van der Waals surface area contributed by atoms with Crippen LogP contribution in [0.3, 0.4) is 0 Å². The van der Waals surface area contributed by atoms with Crippen LogP contribution in [0.15, 0.2) is 59.6 Å². The first kappa shape index (κ1) is 20.1. The first-order valence-corrected chi connectivity index (χ1v) is 11.1. The second-order valence-corrected chi connectivity index (χ2v) is 8.30. The van der Waals surface area contributed by atoms with E-state index in [1.54, 1.807) is 7.05 Å². The molecule has 0 radical (unpaired) electrons. The molecule has 1 heterocycles. The molecule has 3 rings (SSSR count). The van der Waals surface area contributed by atoms with E-state index in [9.17, 15) is 4.21 Å². The maximum atomic E-state index is 12.2. The molecule has 0 saturated carbocycles. The van der Waals surface area contributed by atoms with Gasteiger partial charge in [0.2, 0.25) is 0 Å². The molecule has 3 aromatic rings. The van der Waals surface area contributed by atoms with Gasteiger partial charge in [-0.3, -0.25) is 9.20 Å². The highest BCUT2D eigenvalue weighted by atomic mass is 32.2. The first-order chi connectivity index (χ1) is 13.7. The highest BCUT2D eigenvalue weighted by Crippen LogP contribution is 2.21. The monoisotopic (exact) mass is 396 g/mol. The molecule has 1 atom stereocenters. The Morgan fingerprint density at radius 1 is 1.04 bits per heavy atom. The summed E-state index contributed by atoms with van der Waals surface area (Å²) in [7, 11) is 0.869. The van der Waals surface area contributed by atoms with Crippen molar-refractivity contribution in [3.63, 3.8) is 0 Å². The van der Waals surface area contributed by atoms with Crippen LogP contribution >= 0.6 is 0 Å². The number of benzene rings is 2. The number of aryl methyl sites for hydroxylation is 1. The molecule has 6 heteroatoms. The van der Waals surface area contributed by atoms with E-state index in [-0.39, 0.29) is 0 Å². The van der Waals surface area contributed by atoms with Gasteiger partial charge in [-0.15, -0.1) is 0 Å². The predicted octanol–water partition coefficient (Wildman–Crippen LogP) is 3.13. The molecule has 0 aliphatic heterocycles. The zero-order valence-electron chi connectivity index (χ0n) is 16.5. The average Bonchev–Trinajstić information content (AvgIpc) is 3.03. The molecular weight excluding hydrogens is 368 g/mol. The third-order valence-corrected chi connectivity index (χ3v) is 6.03. The first-order valence-electron chi connectivity index (χ1n) is 9.57. The lowest BCUT2D eigenvalue weighted by molar-refractivity contribution is 0.680. The van der Waals surface area contributed by atoms with Crippen molar-refractivity contribution in [3.8, 4) is 0 Å². The largest absolute Gasteiger partial charge is 0.358 e. The van der Waals surface area contributed by atoms with Crippen LogP contribution in [0.2, 0.25) is 0 Å². The molecule has 3 N–H and O–H groups in total. The van der Waals surface area contributed by atoms with E-state index in [0.29, 0.717) is 18.1 Å². The number of rotatable bonds is 8. The van der Waals surface area contributed by atoms with Crippen molar-refractivity contribution in [2.75, 3.05) is 25.9 Å².